The van der Waals surface area contributed by atoms with Gasteiger partial charge < -0.3 is 4.57 Å². The SMILES string of the molecule is C=CCn1/c(=N/S(=O)(=O)c2ccc(C)cc2)sc2cc(CCCC)ccc21. The Balaban J connectivity index is 2.13. The first kappa shape index (κ1) is 19.6. The lowest BCUT2D eigenvalue weighted by Gasteiger charge is -2.03. The van der Waals surface area contributed by atoms with Crippen LogP contribution in [0.15, 0.2) is 64.4 Å². The second-order valence-corrected chi connectivity index (χ2v) is 9.18. The molecule has 0 spiro atoms. The molecule has 2 aromatic carbocycles. The molecular weight excluding hydrogens is 376 g/mol. The van der Waals surface area contributed by atoms with Gasteiger partial charge in [0.25, 0.3) is 10.0 Å². The highest BCUT2D eigenvalue weighted by Gasteiger charge is 2.14. The molecule has 0 N–H and O–H groups in total. The van der Waals surface area contributed by atoms with Crippen LogP contribution in [0.2, 0.25) is 0 Å². The fourth-order valence-corrected chi connectivity index (χ4v) is 5.20. The van der Waals surface area contributed by atoms with Crippen LogP contribution in [0.1, 0.15) is 30.9 Å². The Labute approximate surface area is 164 Å². The van der Waals surface area contributed by atoms with Crippen LogP contribution >= 0.6 is 11.3 Å². The Hall–Kier alpha value is -2.18. The third-order valence-electron chi connectivity index (χ3n) is 4.39. The molecule has 0 bridgehead atoms. The maximum atomic E-state index is 12.8. The van der Waals surface area contributed by atoms with Crippen LogP contribution in [0.3, 0.4) is 0 Å². The van der Waals surface area contributed by atoms with Crippen molar-refractivity contribution in [3.8, 4) is 0 Å². The van der Waals surface area contributed by atoms with Crippen LogP contribution in [-0.2, 0) is 23.0 Å². The normalized spacial score (nSPS) is 12.6. The molecule has 0 unspecified atom stereocenters. The van der Waals surface area contributed by atoms with E-state index in [1.54, 1.807) is 30.3 Å². The van der Waals surface area contributed by atoms with Gasteiger partial charge in [-0.05, 0) is 49.6 Å². The van der Waals surface area contributed by atoms with E-state index < -0.39 is 10.0 Å². The zero-order chi connectivity index (χ0) is 19.4. The van der Waals surface area contributed by atoms with E-state index in [1.165, 1.54) is 16.9 Å². The quantitative estimate of drug-likeness (QED) is 0.533. The third kappa shape index (κ3) is 4.39. The van der Waals surface area contributed by atoms with Crippen molar-refractivity contribution in [2.45, 2.75) is 44.6 Å². The van der Waals surface area contributed by atoms with E-state index in [1.807, 2.05) is 11.5 Å². The Morgan fingerprint density at radius 1 is 1.19 bits per heavy atom. The molecule has 3 rings (SSSR count). The Morgan fingerprint density at radius 2 is 1.93 bits per heavy atom. The van der Waals surface area contributed by atoms with Gasteiger partial charge in [0, 0.05) is 6.54 Å². The van der Waals surface area contributed by atoms with E-state index in [9.17, 15) is 8.42 Å². The summed E-state index contributed by atoms with van der Waals surface area (Å²) in [6.07, 6.45) is 5.07. The van der Waals surface area contributed by atoms with Gasteiger partial charge in [0.1, 0.15) is 0 Å². The lowest BCUT2D eigenvalue weighted by atomic mass is 10.1. The van der Waals surface area contributed by atoms with Crippen molar-refractivity contribution >= 4 is 31.6 Å². The summed E-state index contributed by atoms with van der Waals surface area (Å²) in [7, 11) is -3.76. The van der Waals surface area contributed by atoms with Crippen molar-refractivity contribution in [2.24, 2.45) is 4.40 Å². The molecule has 27 heavy (non-hydrogen) atoms. The predicted molar refractivity (Wildman–Crippen MR) is 113 cm³/mol. The number of aryl methyl sites for hydroxylation is 2. The Bertz CT molecular complexity index is 1120. The Kier molecular flexibility index (Phi) is 5.97. The minimum atomic E-state index is -3.76. The van der Waals surface area contributed by atoms with Crippen LogP contribution in [0, 0.1) is 6.92 Å². The molecule has 0 aliphatic carbocycles. The summed E-state index contributed by atoms with van der Waals surface area (Å²) in [5.74, 6) is 0. The fraction of sp³-hybridized carbons (Fsp3) is 0.286. The highest BCUT2D eigenvalue weighted by molar-refractivity contribution is 7.90. The molecule has 0 aliphatic rings. The number of hydrogen-bond acceptors (Lipinski definition) is 3. The van der Waals surface area contributed by atoms with Crippen molar-refractivity contribution in [2.75, 3.05) is 0 Å². The standard InChI is InChI=1S/C21H24N2O2S2/c1-4-6-7-17-10-13-19-20(15-17)26-21(23(19)14-5-2)22-27(24,25)18-11-8-16(3)9-12-18/h5,8-13,15H,2,4,6-7,14H2,1,3H3/b22-21-. The first-order chi connectivity index (χ1) is 12.9. The second-order valence-electron chi connectivity index (χ2n) is 6.57. The molecule has 0 amide bonds. The minimum Gasteiger partial charge on any atom is -0.312 e. The molecule has 0 radical (unpaired) electrons. The molecule has 6 heteroatoms. The summed E-state index contributed by atoms with van der Waals surface area (Å²) in [5.41, 5.74) is 3.26. The van der Waals surface area contributed by atoms with E-state index >= 15 is 0 Å². The second kappa shape index (κ2) is 8.23. The lowest BCUT2D eigenvalue weighted by Crippen LogP contribution is -2.16. The van der Waals surface area contributed by atoms with Crippen LogP contribution in [-0.4, -0.2) is 13.0 Å². The number of aromatic nitrogens is 1. The van der Waals surface area contributed by atoms with Crippen LogP contribution in [0.4, 0.5) is 0 Å². The van der Waals surface area contributed by atoms with Gasteiger partial charge in [-0.1, -0.05) is 54.5 Å². The Morgan fingerprint density at radius 3 is 2.59 bits per heavy atom. The zero-order valence-electron chi connectivity index (χ0n) is 15.7. The smallest absolute Gasteiger partial charge is 0.285 e. The van der Waals surface area contributed by atoms with Gasteiger partial charge in [-0.2, -0.15) is 8.42 Å². The summed E-state index contributed by atoms with van der Waals surface area (Å²) in [5, 5.41) is 0. The van der Waals surface area contributed by atoms with E-state index in [-0.39, 0.29) is 4.90 Å². The molecule has 0 saturated carbocycles. The van der Waals surface area contributed by atoms with Gasteiger partial charge in [0.2, 0.25) is 4.80 Å². The molecule has 1 heterocycles. The van der Waals surface area contributed by atoms with Crippen molar-refractivity contribution in [1.29, 1.82) is 0 Å². The molecule has 3 aromatic rings. The average molecular weight is 401 g/mol. The monoisotopic (exact) mass is 400 g/mol. The molecule has 0 atom stereocenters. The first-order valence-electron chi connectivity index (χ1n) is 9.05. The number of fused-ring (bicyclic) bond motifs is 1. The number of thiazole rings is 1. The molecule has 0 saturated heterocycles. The van der Waals surface area contributed by atoms with E-state index in [0.29, 0.717) is 11.3 Å². The highest BCUT2D eigenvalue weighted by Crippen LogP contribution is 2.21. The molecule has 1 aromatic heterocycles. The number of allylic oxidation sites excluding steroid dienone is 1. The van der Waals surface area contributed by atoms with Gasteiger partial charge in [0.15, 0.2) is 0 Å². The molecule has 0 fully saturated rings. The average Bonchev–Trinajstić information content (AvgIpc) is 2.96. The van der Waals surface area contributed by atoms with Crippen molar-refractivity contribution < 1.29 is 8.42 Å². The van der Waals surface area contributed by atoms with E-state index in [0.717, 1.165) is 35.0 Å². The highest BCUT2D eigenvalue weighted by atomic mass is 32.2. The number of benzene rings is 2. The van der Waals surface area contributed by atoms with Crippen molar-refractivity contribution in [3.63, 3.8) is 0 Å². The molecule has 0 aliphatic heterocycles. The van der Waals surface area contributed by atoms with Crippen LogP contribution in [0.5, 0.6) is 0 Å². The van der Waals surface area contributed by atoms with Gasteiger partial charge in [-0.3, -0.25) is 0 Å². The summed E-state index contributed by atoms with van der Waals surface area (Å²) >= 11 is 1.41. The number of nitrogens with zero attached hydrogens (tertiary/aromatic N) is 2. The van der Waals surface area contributed by atoms with Gasteiger partial charge in [-0.15, -0.1) is 11.0 Å². The zero-order valence-corrected chi connectivity index (χ0v) is 17.3. The summed E-state index contributed by atoms with van der Waals surface area (Å²) in [6, 6.07) is 13.1. The lowest BCUT2D eigenvalue weighted by molar-refractivity contribution is 0.596. The maximum absolute atomic E-state index is 12.8. The van der Waals surface area contributed by atoms with Gasteiger partial charge >= 0.3 is 0 Å². The van der Waals surface area contributed by atoms with Crippen molar-refractivity contribution in [3.05, 3.63) is 71.0 Å². The number of rotatable bonds is 7. The minimum absolute atomic E-state index is 0.208. The van der Waals surface area contributed by atoms with E-state index in [2.05, 4.69) is 36.1 Å². The van der Waals surface area contributed by atoms with Crippen LogP contribution in [0.25, 0.3) is 10.2 Å². The number of unbranched alkanes of at least 4 members (excludes halogenated alkanes) is 1. The first-order valence-corrected chi connectivity index (χ1v) is 11.3. The molecule has 142 valence electrons. The molecular formula is C21H24N2O2S2. The van der Waals surface area contributed by atoms with Crippen molar-refractivity contribution in [1.82, 2.24) is 4.57 Å². The van der Waals surface area contributed by atoms with E-state index in [4.69, 9.17) is 0 Å². The molecule has 4 nitrogen and oxygen atoms in total. The largest absolute Gasteiger partial charge is 0.312 e. The fourth-order valence-electron chi connectivity index (χ4n) is 2.90. The third-order valence-corrected chi connectivity index (χ3v) is 6.83. The summed E-state index contributed by atoms with van der Waals surface area (Å²) in [6.45, 7) is 8.41. The predicted octanol–water partition coefficient (Wildman–Crippen LogP) is 4.83. The topological polar surface area (TPSA) is 51.4 Å². The van der Waals surface area contributed by atoms with Gasteiger partial charge in [-0.25, -0.2) is 0 Å². The maximum Gasteiger partial charge on any atom is 0.285 e. The number of sulfonamides is 1. The van der Waals surface area contributed by atoms with Crippen LogP contribution < -0.4 is 4.80 Å². The summed E-state index contributed by atoms with van der Waals surface area (Å²) in [4.78, 5) is 0.678. The number of hydrogen-bond donors (Lipinski definition) is 0. The summed E-state index contributed by atoms with van der Waals surface area (Å²) < 4.78 is 32.6. The van der Waals surface area contributed by atoms with Gasteiger partial charge in [0.05, 0.1) is 15.1 Å².